The Labute approximate surface area is 130 Å². The Balaban J connectivity index is 1.82. The van der Waals surface area contributed by atoms with Gasteiger partial charge >= 0.3 is 0 Å². The quantitative estimate of drug-likeness (QED) is 0.798. The molecule has 5 rings (SSSR count). The predicted octanol–water partition coefficient (Wildman–Crippen LogP) is 1.50. The lowest BCUT2D eigenvalue weighted by atomic mass is 9.53. The van der Waals surface area contributed by atoms with Crippen LogP contribution in [0.3, 0.4) is 0 Å². The molecule has 1 spiro atoms. The predicted molar refractivity (Wildman–Crippen MR) is 82.5 cm³/mol. The molecule has 5 atom stereocenters. The summed E-state index contributed by atoms with van der Waals surface area (Å²) in [5.74, 6) is 2.09. The molecule has 0 amide bonds. The molecule has 0 aromatic heterocycles. The van der Waals surface area contributed by atoms with Crippen LogP contribution in [0.5, 0.6) is 11.5 Å². The number of aliphatic hydroxyl groups excluding tert-OH is 1. The van der Waals surface area contributed by atoms with Crippen molar-refractivity contribution in [2.24, 2.45) is 5.92 Å². The molecule has 22 heavy (non-hydrogen) atoms. The Kier molecular flexibility index (Phi) is 2.39. The van der Waals surface area contributed by atoms with Crippen molar-refractivity contribution in [3.63, 3.8) is 0 Å². The lowest BCUT2D eigenvalue weighted by molar-refractivity contribution is -0.0453. The molecule has 1 N–H and O–H groups in total. The van der Waals surface area contributed by atoms with Crippen LogP contribution in [0, 0.1) is 5.92 Å². The first-order valence-corrected chi connectivity index (χ1v) is 8.10. The molecule has 2 unspecified atom stereocenters. The summed E-state index contributed by atoms with van der Waals surface area (Å²) in [6.07, 6.45) is 5.54. The second-order valence-electron chi connectivity index (χ2n) is 7.11. The molecular weight excluding hydrogens is 278 g/mol. The smallest absolute Gasteiger partial charge is 0.165 e. The van der Waals surface area contributed by atoms with Gasteiger partial charge in [0.15, 0.2) is 11.5 Å². The fourth-order valence-corrected chi connectivity index (χ4v) is 5.39. The fourth-order valence-electron chi connectivity index (χ4n) is 5.39. The molecule has 0 saturated carbocycles. The second kappa shape index (κ2) is 4.06. The number of benzene rings is 1. The van der Waals surface area contributed by atoms with Gasteiger partial charge in [0, 0.05) is 22.9 Å². The Morgan fingerprint density at radius 2 is 2.23 bits per heavy atom. The van der Waals surface area contributed by atoms with Crippen molar-refractivity contribution in [3.8, 4) is 11.5 Å². The van der Waals surface area contributed by atoms with E-state index in [9.17, 15) is 5.11 Å². The van der Waals surface area contributed by atoms with E-state index in [2.05, 4.69) is 24.1 Å². The number of piperidine rings is 1. The number of methoxy groups -OCH3 is 1. The van der Waals surface area contributed by atoms with Gasteiger partial charge in [0.1, 0.15) is 12.2 Å². The van der Waals surface area contributed by atoms with Crippen LogP contribution in [-0.4, -0.2) is 49.0 Å². The molecule has 2 aliphatic carbocycles. The molecule has 116 valence electrons. The van der Waals surface area contributed by atoms with E-state index in [1.54, 1.807) is 7.11 Å². The first-order valence-electron chi connectivity index (χ1n) is 8.10. The van der Waals surface area contributed by atoms with Crippen molar-refractivity contribution in [1.29, 1.82) is 0 Å². The summed E-state index contributed by atoms with van der Waals surface area (Å²) in [6, 6.07) is 4.70. The number of likely N-dealkylation sites (tertiary alicyclic amines) is 1. The summed E-state index contributed by atoms with van der Waals surface area (Å²) in [6.45, 7) is 1.05. The second-order valence-corrected chi connectivity index (χ2v) is 7.11. The Bertz CT molecular complexity index is 685. The van der Waals surface area contributed by atoms with Crippen LogP contribution in [-0.2, 0) is 11.8 Å². The minimum absolute atomic E-state index is 0.0806. The van der Waals surface area contributed by atoms with Gasteiger partial charge in [0.25, 0.3) is 0 Å². The molecule has 4 heteroatoms. The van der Waals surface area contributed by atoms with Crippen LogP contribution in [0.1, 0.15) is 17.5 Å². The van der Waals surface area contributed by atoms with E-state index in [-0.39, 0.29) is 11.5 Å². The summed E-state index contributed by atoms with van der Waals surface area (Å²) >= 11 is 0. The van der Waals surface area contributed by atoms with Crippen molar-refractivity contribution >= 4 is 0 Å². The van der Waals surface area contributed by atoms with E-state index in [1.165, 1.54) is 11.1 Å². The molecule has 2 aliphatic heterocycles. The standard InChI is InChI=1S/C18H21NO3/c1-19-8-7-18-11-4-5-13(20)17(18)22-16-14(21-2)6-3-10(15(16)18)9-12(11)19/h3-6,11-13,17,20H,7-9H2,1-2H3/t11-,12?,13-,17-,18?/m0/s1. The van der Waals surface area contributed by atoms with E-state index in [0.29, 0.717) is 12.0 Å². The Hall–Kier alpha value is -1.52. The fraction of sp³-hybridized carbons (Fsp3) is 0.556. The van der Waals surface area contributed by atoms with Crippen LogP contribution < -0.4 is 9.47 Å². The first kappa shape index (κ1) is 13.0. The van der Waals surface area contributed by atoms with Gasteiger partial charge in [-0.15, -0.1) is 0 Å². The monoisotopic (exact) mass is 299 g/mol. The van der Waals surface area contributed by atoms with Crippen molar-refractivity contribution in [1.82, 2.24) is 4.90 Å². The number of aliphatic hydroxyl groups is 1. The highest BCUT2D eigenvalue weighted by atomic mass is 16.5. The summed E-state index contributed by atoms with van der Waals surface area (Å²) in [5.41, 5.74) is 2.60. The zero-order chi connectivity index (χ0) is 15.1. The maximum absolute atomic E-state index is 10.6. The number of rotatable bonds is 1. The minimum atomic E-state index is -0.539. The van der Waals surface area contributed by atoms with Crippen LogP contribution in [0.2, 0.25) is 0 Å². The van der Waals surface area contributed by atoms with Gasteiger partial charge in [-0.3, -0.25) is 0 Å². The Morgan fingerprint density at radius 1 is 1.36 bits per heavy atom. The van der Waals surface area contributed by atoms with Crippen molar-refractivity contribution in [2.75, 3.05) is 20.7 Å². The van der Waals surface area contributed by atoms with E-state index < -0.39 is 6.10 Å². The largest absolute Gasteiger partial charge is 0.493 e. The lowest BCUT2D eigenvalue weighted by Crippen LogP contribution is -2.64. The molecule has 2 heterocycles. The van der Waals surface area contributed by atoms with Crippen LogP contribution in [0.25, 0.3) is 0 Å². The highest BCUT2D eigenvalue weighted by Crippen LogP contribution is 2.62. The molecule has 1 aromatic rings. The SMILES string of the molecule is COc1ccc2c3c1O[C@H]1[C@@H](O)C=C[C@H]4C(C2)N(C)CCC341. The van der Waals surface area contributed by atoms with E-state index in [4.69, 9.17) is 9.47 Å². The van der Waals surface area contributed by atoms with Crippen molar-refractivity contribution in [3.05, 3.63) is 35.4 Å². The number of nitrogens with zero attached hydrogens (tertiary/aromatic N) is 1. The number of hydrogen-bond donors (Lipinski definition) is 1. The van der Waals surface area contributed by atoms with Gasteiger partial charge in [-0.2, -0.15) is 0 Å². The van der Waals surface area contributed by atoms with Crippen LogP contribution in [0.4, 0.5) is 0 Å². The maximum Gasteiger partial charge on any atom is 0.165 e. The van der Waals surface area contributed by atoms with E-state index in [0.717, 1.165) is 30.9 Å². The van der Waals surface area contributed by atoms with Crippen molar-refractivity contribution < 1.29 is 14.6 Å². The summed E-state index contributed by atoms with van der Waals surface area (Å²) < 4.78 is 11.8. The minimum Gasteiger partial charge on any atom is -0.493 e. The Morgan fingerprint density at radius 3 is 3.05 bits per heavy atom. The van der Waals surface area contributed by atoms with Gasteiger partial charge in [0.2, 0.25) is 0 Å². The topological polar surface area (TPSA) is 41.9 Å². The third kappa shape index (κ3) is 1.28. The third-order valence-corrected chi connectivity index (χ3v) is 6.35. The van der Waals surface area contributed by atoms with Gasteiger partial charge in [-0.25, -0.2) is 0 Å². The highest BCUT2D eigenvalue weighted by Gasteiger charge is 2.64. The number of likely N-dealkylation sites (N-methyl/N-ethyl adjacent to an activating group) is 1. The normalized spacial score (nSPS) is 41.0. The molecule has 1 saturated heterocycles. The van der Waals surface area contributed by atoms with Gasteiger partial charge in [-0.1, -0.05) is 18.2 Å². The maximum atomic E-state index is 10.6. The van der Waals surface area contributed by atoms with Gasteiger partial charge in [-0.05, 0) is 38.1 Å². The molecule has 4 aliphatic rings. The summed E-state index contributed by atoms with van der Waals surface area (Å²) in [7, 11) is 3.91. The van der Waals surface area contributed by atoms with Gasteiger partial charge in [0.05, 0.1) is 7.11 Å². The zero-order valence-electron chi connectivity index (χ0n) is 13.0. The average molecular weight is 299 g/mol. The third-order valence-electron chi connectivity index (χ3n) is 6.35. The molecule has 4 nitrogen and oxygen atoms in total. The summed E-state index contributed by atoms with van der Waals surface area (Å²) in [5, 5.41) is 10.6. The molecular formula is C18H21NO3. The number of hydrogen-bond acceptors (Lipinski definition) is 4. The van der Waals surface area contributed by atoms with Crippen LogP contribution >= 0.6 is 0 Å². The molecule has 0 radical (unpaired) electrons. The highest BCUT2D eigenvalue weighted by molar-refractivity contribution is 5.62. The van der Waals surface area contributed by atoms with E-state index >= 15 is 0 Å². The van der Waals surface area contributed by atoms with E-state index in [1.807, 2.05) is 12.1 Å². The van der Waals surface area contributed by atoms with Crippen molar-refractivity contribution in [2.45, 2.75) is 36.5 Å². The van der Waals surface area contributed by atoms with Gasteiger partial charge < -0.3 is 19.5 Å². The average Bonchev–Trinajstić information content (AvgIpc) is 2.88. The first-order chi connectivity index (χ1) is 10.7. The summed E-state index contributed by atoms with van der Waals surface area (Å²) in [4.78, 5) is 2.47. The zero-order valence-corrected chi connectivity index (χ0v) is 13.0. The molecule has 2 bridgehead atoms. The molecule has 1 aromatic carbocycles. The molecule has 1 fully saturated rings. The van der Waals surface area contributed by atoms with Crippen LogP contribution in [0.15, 0.2) is 24.3 Å². The number of ether oxygens (including phenoxy) is 2. The lowest BCUT2D eigenvalue weighted by Gasteiger charge is -2.56.